The summed E-state index contributed by atoms with van der Waals surface area (Å²) in [4.78, 5) is 36.0. The molecule has 3 atom stereocenters. The molecule has 3 unspecified atom stereocenters. The summed E-state index contributed by atoms with van der Waals surface area (Å²) in [6.45, 7) is 0.494. The van der Waals surface area contributed by atoms with Gasteiger partial charge in [-0.05, 0) is 12.0 Å². The molecule has 0 saturated carbocycles. The molecule has 3 aliphatic heterocycles. The SMILES string of the molecule is O=[C-]Nc1cccc2c1CN(C1CCC(=O)NC1=O)C1OC21.[Er]. The minimum Gasteiger partial charge on any atom is -0.490 e. The summed E-state index contributed by atoms with van der Waals surface area (Å²) in [6.07, 6.45) is 2.30. The van der Waals surface area contributed by atoms with Gasteiger partial charge in [0, 0.05) is 50.3 Å². The first-order valence-electron chi connectivity index (χ1n) is 7.19. The van der Waals surface area contributed by atoms with E-state index < -0.39 is 0 Å². The van der Waals surface area contributed by atoms with Gasteiger partial charge in [0.05, 0.1) is 12.5 Å². The molecule has 3 amide bonds. The number of hydrogen-bond donors (Lipinski definition) is 2. The van der Waals surface area contributed by atoms with Crippen LogP contribution in [0.1, 0.15) is 30.1 Å². The van der Waals surface area contributed by atoms with E-state index in [4.69, 9.17) is 4.74 Å². The number of fused-ring (bicyclic) bond motifs is 3. The summed E-state index contributed by atoms with van der Waals surface area (Å²) in [5, 5.41) is 4.95. The summed E-state index contributed by atoms with van der Waals surface area (Å²) < 4.78 is 5.71. The van der Waals surface area contributed by atoms with Crippen molar-refractivity contribution in [1.29, 1.82) is 0 Å². The number of nitrogens with zero attached hydrogens (tertiary/aromatic N) is 1. The molecule has 2 saturated heterocycles. The van der Waals surface area contributed by atoms with Crippen LogP contribution in [0, 0.1) is 37.3 Å². The van der Waals surface area contributed by atoms with Gasteiger partial charge in [0.2, 0.25) is 11.8 Å². The fourth-order valence-corrected chi connectivity index (χ4v) is 3.36. The van der Waals surface area contributed by atoms with Crippen molar-refractivity contribution >= 4 is 23.9 Å². The van der Waals surface area contributed by atoms with E-state index in [2.05, 4.69) is 10.6 Å². The molecular formula is C15H14ErN3O4-. The Hall–Kier alpha value is -1.00. The van der Waals surface area contributed by atoms with Gasteiger partial charge in [0.1, 0.15) is 12.3 Å². The zero-order chi connectivity index (χ0) is 15.3. The first kappa shape index (κ1) is 16.8. The molecule has 4 rings (SSSR count). The molecule has 2 fully saturated rings. The van der Waals surface area contributed by atoms with Crippen molar-refractivity contribution < 1.29 is 56.4 Å². The third kappa shape index (κ3) is 2.91. The van der Waals surface area contributed by atoms with E-state index in [1.807, 2.05) is 17.0 Å². The minimum atomic E-state index is -0.380. The van der Waals surface area contributed by atoms with Gasteiger partial charge in [-0.1, -0.05) is 17.7 Å². The summed E-state index contributed by atoms with van der Waals surface area (Å²) in [5.74, 6) is -0.508. The van der Waals surface area contributed by atoms with Crippen molar-refractivity contribution in [1.82, 2.24) is 10.2 Å². The quantitative estimate of drug-likeness (QED) is 0.287. The van der Waals surface area contributed by atoms with Gasteiger partial charge < -0.3 is 14.8 Å². The minimum absolute atomic E-state index is 0. The maximum absolute atomic E-state index is 12.1. The number of benzene rings is 1. The second-order valence-electron chi connectivity index (χ2n) is 5.69. The van der Waals surface area contributed by atoms with Crippen molar-refractivity contribution in [3.8, 4) is 0 Å². The zero-order valence-electron chi connectivity index (χ0n) is 12.0. The van der Waals surface area contributed by atoms with Gasteiger partial charge in [-0.15, -0.1) is 11.8 Å². The largest absolute Gasteiger partial charge is 0.490 e. The molecule has 0 spiro atoms. The van der Waals surface area contributed by atoms with Crippen molar-refractivity contribution in [2.24, 2.45) is 0 Å². The Bertz CT molecular complexity index is 681. The Morgan fingerprint density at radius 1 is 1.35 bits per heavy atom. The molecule has 0 aliphatic carbocycles. The fourth-order valence-electron chi connectivity index (χ4n) is 3.36. The molecule has 23 heavy (non-hydrogen) atoms. The van der Waals surface area contributed by atoms with Gasteiger partial charge in [-0.2, -0.15) is 0 Å². The van der Waals surface area contributed by atoms with Crippen LogP contribution in [0.3, 0.4) is 0 Å². The smallest absolute Gasteiger partial charge is 0.244 e. The number of hydrogen-bond acceptors (Lipinski definition) is 5. The van der Waals surface area contributed by atoms with Gasteiger partial charge >= 0.3 is 0 Å². The van der Waals surface area contributed by atoms with Crippen LogP contribution >= 0.6 is 0 Å². The van der Waals surface area contributed by atoms with Crippen LogP contribution in [0.25, 0.3) is 0 Å². The van der Waals surface area contributed by atoms with Crippen molar-refractivity contribution in [2.75, 3.05) is 5.32 Å². The first-order chi connectivity index (χ1) is 10.7. The Balaban J connectivity index is 0.00000156. The molecule has 0 radical (unpaired) electrons. The molecule has 0 bridgehead atoms. The monoisotopic (exact) mass is 466 g/mol. The number of nitrogens with one attached hydrogen (secondary N) is 2. The number of imide groups is 1. The van der Waals surface area contributed by atoms with Gasteiger partial charge in [0.25, 0.3) is 0 Å². The number of carbonyl (C=O) groups is 2. The molecule has 7 nitrogen and oxygen atoms in total. The third-order valence-electron chi connectivity index (χ3n) is 4.45. The predicted molar refractivity (Wildman–Crippen MR) is 75.1 cm³/mol. The maximum Gasteiger partial charge on any atom is 0.244 e. The second kappa shape index (κ2) is 6.48. The van der Waals surface area contributed by atoms with E-state index in [-0.39, 0.29) is 67.5 Å². The fraction of sp³-hybridized carbons (Fsp3) is 0.400. The molecule has 0 aromatic heterocycles. The van der Waals surface area contributed by atoms with Crippen LogP contribution in [0.5, 0.6) is 0 Å². The van der Waals surface area contributed by atoms with Crippen molar-refractivity contribution in [3.63, 3.8) is 0 Å². The van der Waals surface area contributed by atoms with E-state index in [0.717, 1.165) is 11.1 Å². The van der Waals surface area contributed by atoms with Gasteiger partial charge in [-0.3, -0.25) is 19.8 Å². The predicted octanol–water partition coefficient (Wildman–Crippen LogP) is 0.184. The normalized spacial score (nSPS) is 28.8. The van der Waals surface area contributed by atoms with E-state index in [9.17, 15) is 14.4 Å². The number of piperidine rings is 1. The number of carbonyl (C=O) groups excluding carboxylic acids is 3. The van der Waals surface area contributed by atoms with Gasteiger partial charge in [0.15, 0.2) is 0 Å². The molecular weight excluding hydrogens is 453 g/mol. The summed E-state index contributed by atoms with van der Waals surface area (Å²) >= 11 is 0. The summed E-state index contributed by atoms with van der Waals surface area (Å²) in [6, 6.07) is 5.25. The van der Waals surface area contributed by atoms with Crippen LogP contribution in [0.2, 0.25) is 0 Å². The molecule has 126 valence electrons. The Morgan fingerprint density at radius 3 is 2.91 bits per heavy atom. The molecule has 3 aliphatic rings. The number of rotatable bonds is 3. The molecule has 2 N–H and O–H groups in total. The standard InChI is InChI=1S/C15H14N3O4.Er/c19-7-16-10-3-1-2-8-9(10)6-18(15-13(8)22-15)11-4-5-12(20)17-14(11)21;/h1-3,11,13,15H,4-6H2,(H,16,19)(H,17,20,21);/q-1;. The zero-order valence-corrected chi connectivity index (χ0v) is 13.8. The Labute approximate surface area is 162 Å². The number of epoxide rings is 1. The second-order valence-corrected chi connectivity index (χ2v) is 5.69. The molecule has 3 heterocycles. The topological polar surface area (TPSA) is 91.0 Å². The Morgan fingerprint density at radius 2 is 2.17 bits per heavy atom. The number of amides is 3. The van der Waals surface area contributed by atoms with E-state index in [0.29, 0.717) is 25.1 Å². The van der Waals surface area contributed by atoms with Crippen LogP contribution < -0.4 is 10.6 Å². The molecule has 1 aromatic carbocycles. The third-order valence-corrected chi connectivity index (χ3v) is 4.45. The van der Waals surface area contributed by atoms with Crippen molar-refractivity contribution in [2.45, 2.75) is 37.8 Å². The van der Waals surface area contributed by atoms with Crippen molar-refractivity contribution in [3.05, 3.63) is 29.3 Å². The van der Waals surface area contributed by atoms with Crippen LogP contribution in [-0.2, 0) is 25.7 Å². The Kier molecular flexibility index (Phi) is 4.74. The number of anilines is 1. The first-order valence-corrected chi connectivity index (χ1v) is 7.19. The van der Waals surface area contributed by atoms with Gasteiger partial charge in [-0.25, -0.2) is 0 Å². The average Bonchev–Trinajstić information content (AvgIpc) is 3.28. The van der Waals surface area contributed by atoms with E-state index in [1.165, 1.54) is 0 Å². The van der Waals surface area contributed by atoms with E-state index in [1.54, 1.807) is 12.5 Å². The van der Waals surface area contributed by atoms with Crippen LogP contribution in [0.4, 0.5) is 5.69 Å². The van der Waals surface area contributed by atoms with Crippen LogP contribution in [0.15, 0.2) is 18.2 Å². The summed E-state index contributed by atoms with van der Waals surface area (Å²) in [5.41, 5.74) is 2.65. The molecule has 1 aromatic rings. The van der Waals surface area contributed by atoms with E-state index >= 15 is 0 Å². The number of ether oxygens (including phenoxy) is 1. The van der Waals surface area contributed by atoms with Crippen LogP contribution in [-0.4, -0.2) is 35.4 Å². The average molecular weight is 468 g/mol. The maximum atomic E-state index is 12.1. The summed E-state index contributed by atoms with van der Waals surface area (Å²) in [7, 11) is 0. The molecule has 8 heteroatoms.